The van der Waals surface area contributed by atoms with Gasteiger partial charge in [-0.25, -0.2) is 9.37 Å². The van der Waals surface area contributed by atoms with Gasteiger partial charge >= 0.3 is 0 Å². The Morgan fingerprint density at radius 3 is 2.69 bits per heavy atom. The second kappa shape index (κ2) is 12.0. The highest BCUT2D eigenvalue weighted by Crippen LogP contribution is 2.40. The molecule has 1 aromatic heterocycles. The number of nitriles is 1. The van der Waals surface area contributed by atoms with E-state index in [1.807, 2.05) is 0 Å². The summed E-state index contributed by atoms with van der Waals surface area (Å²) in [4.78, 5) is 28.9. The van der Waals surface area contributed by atoms with E-state index in [1.165, 1.54) is 46.9 Å². The lowest BCUT2D eigenvalue weighted by molar-refractivity contribution is -0.131. The summed E-state index contributed by atoms with van der Waals surface area (Å²) >= 11 is 0. The zero-order chi connectivity index (χ0) is 31.1. The van der Waals surface area contributed by atoms with E-state index in [2.05, 4.69) is 71.1 Å². The molecule has 3 fully saturated rings. The minimum Gasteiger partial charge on any atom is -0.368 e. The van der Waals surface area contributed by atoms with Crippen LogP contribution in [0.1, 0.15) is 60.6 Å². The van der Waals surface area contributed by atoms with Crippen molar-refractivity contribution in [1.82, 2.24) is 19.8 Å². The predicted octanol–water partition coefficient (Wildman–Crippen LogP) is 5.21. The van der Waals surface area contributed by atoms with E-state index >= 15 is 0 Å². The smallest absolute Gasteiger partial charge is 0.282 e. The van der Waals surface area contributed by atoms with E-state index in [1.54, 1.807) is 0 Å². The molecule has 3 saturated heterocycles. The standard InChI is InChI=1S/C35H40FN7O2/c1-23-7-3-8-25-9-4-10-27(31(23)25)30-19-29-28(21-45-30)32(41-17-18-43(33(44)24(2)36)26(20-41)11-14-37)40-34(39-29)38-22-35-12-5-15-42(35)16-6-13-35/h3-4,7-10,26,30H,2,5-6,11-13,15-22H2,1H3,(H,38,39,40)/t26-,30?/m0/s1. The van der Waals surface area contributed by atoms with Crippen LogP contribution in [0.2, 0.25) is 0 Å². The average molecular weight is 610 g/mol. The number of aromatic nitrogens is 2. The highest BCUT2D eigenvalue weighted by molar-refractivity contribution is 5.91. The summed E-state index contributed by atoms with van der Waals surface area (Å²) in [7, 11) is 0. The molecule has 4 aliphatic heterocycles. The average Bonchev–Trinajstić information content (AvgIpc) is 3.63. The van der Waals surface area contributed by atoms with Crippen LogP contribution in [0.5, 0.6) is 0 Å². The number of carbonyl (C=O) groups is 1. The fourth-order valence-corrected chi connectivity index (χ4v) is 8.13. The lowest BCUT2D eigenvalue weighted by Crippen LogP contribution is -2.55. The van der Waals surface area contributed by atoms with Crippen molar-refractivity contribution in [1.29, 1.82) is 5.26 Å². The first-order chi connectivity index (χ1) is 21.9. The Kier molecular flexibility index (Phi) is 7.92. The van der Waals surface area contributed by atoms with Gasteiger partial charge in [0.05, 0.1) is 36.9 Å². The first kappa shape index (κ1) is 29.6. The SMILES string of the molecule is C=C(F)C(=O)N1CCN(c2nc(NCC34CCCN3CCC4)nc3c2COC(c2cccc4cccc(C)c24)C3)C[C@@H]1CC#N. The van der Waals surface area contributed by atoms with Crippen molar-refractivity contribution in [3.05, 3.63) is 71.2 Å². The molecule has 0 saturated carbocycles. The van der Waals surface area contributed by atoms with Crippen molar-refractivity contribution in [3.8, 4) is 6.07 Å². The molecule has 4 aliphatic rings. The summed E-state index contributed by atoms with van der Waals surface area (Å²) in [5.74, 6) is -0.404. The minimum absolute atomic E-state index is 0.0886. The molecule has 2 aromatic carbocycles. The summed E-state index contributed by atoms with van der Waals surface area (Å²) in [6, 6.07) is 14.4. The molecule has 45 heavy (non-hydrogen) atoms. The Morgan fingerprint density at radius 2 is 1.93 bits per heavy atom. The topological polar surface area (TPSA) is 97.6 Å². The second-order valence-electron chi connectivity index (χ2n) is 13.0. The molecule has 9 nitrogen and oxygen atoms in total. The maximum atomic E-state index is 13.9. The molecule has 234 valence electrons. The lowest BCUT2D eigenvalue weighted by Gasteiger charge is -2.42. The number of rotatable bonds is 7. The molecule has 3 aromatic rings. The normalized spacial score (nSPS) is 22.6. The number of amides is 1. The van der Waals surface area contributed by atoms with E-state index in [0.29, 0.717) is 32.1 Å². The first-order valence-electron chi connectivity index (χ1n) is 16.1. The van der Waals surface area contributed by atoms with E-state index in [9.17, 15) is 14.4 Å². The van der Waals surface area contributed by atoms with Crippen molar-refractivity contribution >= 4 is 28.4 Å². The van der Waals surface area contributed by atoms with Crippen LogP contribution in [-0.2, 0) is 22.6 Å². The molecule has 1 amide bonds. The van der Waals surface area contributed by atoms with Crippen molar-refractivity contribution in [2.24, 2.45) is 0 Å². The van der Waals surface area contributed by atoms with Crippen LogP contribution < -0.4 is 10.2 Å². The molecule has 0 aliphatic carbocycles. The number of piperazine rings is 1. The molecular weight excluding hydrogens is 569 g/mol. The fourth-order valence-electron chi connectivity index (χ4n) is 8.13. The van der Waals surface area contributed by atoms with Crippen LogP contribution in [0.4, 0.5) is 16.2 Å². The number of anilines is 2. The molecular formula is C35H40FN7O2. The third-order valence-corrected chi connectivity index (χ3v) is 10.4. The van der Waals surface area contributed by atoms with Crippen LogP contribution in [0.3, 0.4) is 0 Å². The lowest BCUT2D eigenvalue weighted by atomic mass is 9.92. The van der Waals surface area contributed by atoms with E-state index in [4.69, 9.17) is 14.7 Å². The van der Waals surface area contributed by atoms with Gasteiger partial charge in [0.15, 0.2) is 5.83 Å². The van der Waals surface area contributed by atoms with Gasteiger partial charge in [-0.05, 0) is 67.6 Å². The van der Waals surface area contributed by atoms with Gasteiger partial charge in [-0.2, -0.15) is 10.2 Å². The summed E-state index contributed by atoms with van der Waals surface area (Å²) in [5, 5.41) is 15.6. The molecule has 0 radical (unpaired) electrons. The van der Waals surface area contributed by atoms with Crippen LogP contribution in [0, 0.1) is 18.3 Å². The summed E-state index contributed by atoms with van der Waals surface area (Å²) < 4.78 is 20.4. The predicted molar refractivity (Wildman–Crippen MR) is 171 cm³/mol. The fraction of sp³-hybridized carbons (Fsp3) is 0.486. The molecule has 10 heteroatoms. The third kappa shape index (κ3) is 5.42. The number of ether oxygens (including phenoxy) is 1. The van der Waals surface area contributed by atoms with Gasteiger partial charge in [-0.15, -0.1) is 0 Å². The first-order valence-corrected chi connectivity index (χ1v) is 16.1. The summed E-state index contributed by atoms with van der Waals surface area (Å²) in [6.45, 7) is 9.86. The maximum absolute atomic E-state index is 13.9. The Balaban J connectivity index is 1.23. The van der Waals surface area contributed by atoms with E-state index < -0.39 is 17.8 Å². The number of nitrogens with zero attached hydrogens (tertiary/aromatic N) is 6. The summed E-state index contributed by atoms with van der Waals surface area (Å²) in [6.07, 6.45) is 5.33. The van der Waals surface area contributed by atoms with Crippen LogP contribution in [-0.4, -0.2) is 76.5 Å². The van der Waals surface area contributed by atoms with Crippen molar-refractivity contribution in [2.45, 2.75) is 69.7 Å². The molecule has 2 atom stereocenters. The quantitative estimate of drug-likeness (QED) is 0.365. The highest BCUT2D eigenvalue weighted by atomic mass is 19.1. The molecule has 1 unspecified atom stereocenters. The van der Waals surface area contributed by atoms with Gasteiger partial charge < -0.3 is 19.9 Å². The van der Waals surface area contributed by atoms with E-state index in [0.717, 1.165) is 42.3 Å². The highest BCUT2D eigenvalue weighted by Gasteiger charge is 2.44. The van der Waals surface area contributed by atoms with Gasteiger partial charge in [0.1, 0.15) is 5.82 Å². The largest absolute Gasteiger partial charge is 0.368 e. The number of fused-ring (bicyclic) bond motifs is 3. The van der Waals surface area contributed by atoms with Gasteiger partial charge in [0.25, 0.3) is 5.91 Å². The van der Waals surface area contributed by atoms with Crippen LogP contribution in [0.15, 0.2) is 48.8 Å². The van der Waals surface area contributed by atoms with Crippen LogP contribution >= 0.6 is 0 Å². The third-order valence-electron chi connectivity index (χ3n) is 10.4. The monoisotopic (exact) mass is 609 g/mol. The number of hydrogen-bond donors (Lipinski definition) is 1. The zero-order valence-corrected chi connectivity index (χ0v) is 25.9. The van der Waals surface area contributed by atoms with Gasteiger partial charge in [0.2, 0.25) is 5.95 Å². The number of carbonyl (C=O) groups excluding carboxylic acids is 1. The van der Waals surface area contributed by atoms with Crippen molar-refractivity contribution in [2.75, 3.05) is 49.5 Å². The van der Waals surface area contributed by atoms with Gasteiger partial charge in [0, 0.05) is 43.7 Å². The van der Waals surface area contributed by atoms with Crippen LogP contribution in [0.25, 0.3) is 10.8 Å². The molecule has 0 bridgehead atoms. The Bertz CT molecular complexity index is 1670. The molecule has 1 N–H and O–H groups in total. The number of halogens is 1. The molecule has 0 spiro atoms. The number of nitrogens with one attached hydrogen (secondary N) is 1. The maximum Gasteiger partial charge on any atom is 0.282 e. The Labute approximate surface area is 263 Å². The number of aryl methyl sites for hydroxylation is 1. The van der Waals surface area contributed by atoms with Gasteiger partial charge in [-0.3, -0.25) is 9.69 Å². The molecule has 5 heterocycles. The van der Waals surface area contributed by atoms with Gasteiger partial charge in [-0.1, -0.05) is 43.0 Å². The Morgan fingerprint density at radius 1 is 1.16 bits per heavy atom. The second-order valence-corrected chi connectivity index (χ2v) is 13.0. The van der Waals surface area contributed by atoms with Crippen molar-refractivity contribution < 1.29 is 13.9 Å². The van der Waals surface area contributed by atoms with Crippen molar-refractivity contribution in [3.63, 3.8) is 0 Å². The van der Waals surface area contributed by atoms with E-state index in [-0.39, 0.29) is 24.6 Å². The molecule has 7 rings (SSSR count). The number of hydrogen-bond acceptors (Lipinski definition) is 8. The Hall–Kier alpha value is -4.07. The zero-order valence-electron chi connectivity index (χ0n) is 25.9. The summed E-state index contributed by atoms with van der Waals surface area (Å²) in [5.41, 5.74) is 4.41. The number of benzene rings is 2. The minimum atomic E-state index is -1.01.